The molecule has 2 N–H and O–H groups in total. The van der Waals surface area contributed by atoms with Gasteiger partial charge in [0.05, 0.1) is 17.8 Å². The van der Waals surface area contributed by atoms with E-state index in [1.165, 1.54) is 33.8 Å². The first-order valence-corrected chi connectivity index (χ1v) is 11.2. The molecule has 1 aliphatic heterocycles. The topological polar surface area (TPSA) is 53.3 Å². The molecule has 0 aliphatic carbocycles. The molecule has 3 aromatic rings. The van der Waals surface area contributed by atoms with E-state index in [0.717, 1.165) is 5.69 Å². The van der Waals surface area contributed by atoms with E-state index in [2.05, 4.69) is 71.7 Å². The van der Waals surface area contributed by atoms with E-state index < -0.39 is 0 Å². The third-order valence-electron chi connectivity index (χ3n) is 6.01. The first-order valence-electron chi connectivity index (χ1n) is 10.8. The Kier molecular flexibility index (Phi) is 6.12. The largest absolute Gasteiger partial charge is 0.396 e. The van der Waals surface area contributed by atoms with Crippen LogP contribution in [0.3, 0.4) is 0 Å². The Balaban J connectivity index is 1.83. The number of hydrogen-bond donors (Lipinski definition) is 2. The molecule has 0 radical (unpaired) electrons. The van der Waals surface area contributed by atoms with Crippen LogP contribution in [0.4, 0.5) is 0 Å². The fourth-order valence-electron chi connectivity index (χ4n) is 4.79. The van der Waals surface area contributed by atoms with Crippen molar-refractivity contribution in [2.24, 2.45) is 0 Å². The summed E-state index contributed by atoms with van der Waals surface area (Å²) >= 11 is 5.72. The zero-order valence-electron chi connectivity index (χ0n) is 18.6. The summed E-state index contributed by atoms with van der Waals surface area (Å²) in [7, 11) is 0. The first-order chi connectivity index (χ1) is 14.9. The van der Waals surface area contributed by atoms with Gasteiger partial charge in [-0.25, -0.2) is 0 Å². The third-order valence-corrected chi connectivity index (χ3v) is 6.36. The van der Waals surface area contributed by atoms with Crippen molar-refractivity contribution in [3.8, 4) is 5.69 Å². The van der Waals surface area contributed by atoms with Crippen LogP contribution in [0.15, 0.2) is 48.7 Å². The Morgan fingerprint density at radius 1 is 1.06 bits per heavy atom. The number of aryl methyl sites for hydroxylation is 3. The number of nitrogens with zero attached hydrogens (tertiary/aromatic N) is 3. The van der Waals surface area contributed by atoms with E-state index in [4.69, 9.17) is 12.2 Å². The summed E-state index contributed by atoms with van der Waals surface area (Å²) in [5.74, 6) is 0. The van der Waals surface area contributed by atoms with E-state index >= 15 is 0 Å². The smallest absolute Gasteiger partial charge is 0.170 e. The van der Waals surface area contributed by atoms with Crippen LogP contribution in [-0.2, 0) is 0 Å². The molecule has 0 saturated carbocycles. The predicted molar refractivity (Wildman–Crippen MR) is 129 cm³/mol. The zero-order chi connectivity index (χ0) is 22.1. The highest BCUT2D eigenvalue weighted by molar-refractivity contribution is 7.80. The number of aliphatic hydroxyl groups is 1. The summed E-state index contributed by atoms with van der Waals surface area (Å²) in [6.45, 7) is 9.45. The van der Waals surface area contributed by atoms with Crippen molar-refractivity contribution in [1.29, 1.82) is 0 Å². The Labute approximate surface area is 189 Å². The van der Waals surface area contributed by atoms with Gasteiger partial charge in [-0.2, -0.15) is 0 Å². The van der Waals surface area contributed by atoms with Crippen LogP contribution in [0, 0.1) is 27.7 Å². The average molecular weight is 435 g/mol. The van der Waals surface area contributed by atoms with E-state index in [0.29, 0.717) is 18.1 Å². The summed E-state index contributed by atoms with van der Waals surface area (Å²) in [6, 6.07) is 14.9. The molecule has 0 spiro atoms. The summed E-state index contributed by atoms with van der Waals surface area (Å²) in [6.07, 6.45) is 2.50. The second kappa shape index (κ2) is 8.81. The molecule has 5 nitrogen and oxygen atoms in total. The SMILES string of the molecule is Cc1cc(C)cc(-n2c(C)cc([C@@H]3[C@H](c4ccccn4)NC(=S)N3CCCO)c2C)c1. The molecule has 0 bridgehead atoms. The summed E-state index contributed by atoms with van der Waals surface area (Å²) in [4.78, 5) is 6.83. The fraction of sp³-hybridized carbons (Fsp3) is 0.360. The van der Waals surface area contributed by atoms with Crippen LogP contribution in [0.5, 0.6) is 0 Å². The quantitative estimate of drug-likeness (QED) is 0.561. The van der Waals surface area contributed by atoms with Crippen molar-refractivity contribution in [3.05, 3.63) is 82.4 Å². The summed E-state index contributed by atoms with van der Waals surface area (Å²) in [5, 5.41) is 13.7. The van der Waals surface area contributed by atoms with Gasteiger partial charge < -0.3 is 19.9 Å². The van der Waals surface area contributed by atoms with Gasteiger partial charge >= 0.3 is 0 Å². The number of aliphatic hydroxyl groups excluding tert-OH is 1. The second-order valence-electron chi connectivity index (χ2n) is 8.40. The molecule has 6 heteroatoms. The van der Waals surface area contributed by atoms with Crippen molar-refractivity contribution in [2.45, 2.75) is 46.2 Å². The maximum absolute atomic E-state index is 9.45. The normalized spacial score (nSPS) is 18.5. The minimum Gasteiger partial charge on any atom is -0.396 e. The van der Waals surface area contributed by atoms with Crippen LogP contribution in [0.25, 0.3) is 5.69 Å². The van der Waals surface area contributed by atoms with Gasteiger partial charge in [0.1, 0.15) is 0 Å². The predicted octanol–water partition coefficient (Wildman–Crippen LogP) is 4.46. The van der Waals surface area contributed by atoms with Gasteiger partial charge in [0.15, 0.2) is 5.11 Å². The summed E-state index contributed by atoms with van der Waals surface area (Å²) < 4.78 is 2.33. The zero-order valence-corrected chi connectivity index (χ0v) is 19.4. The highest BCUT2D eigenvalue weighted by Gasteiger charge is 2.41. The standard InChI is InChI=1S/C25H30N4OS/c1-16-12-17(2)14-20(13-16)29-18(3)15-21(19(29)4)24-23(22-8-5-6-9-26-22)27-25(31)28(24)10-7-11-30/h5-6,8-9,12-15,23-24,30H,7,10-11H2,1-4H3,(H,27,31)/t23-,24+/m0/s1. The molecule has 4 rings (SSSR count). The van der Waals surface area contributed by atoms with Crippen molar-refractivity contribution in [3.63, 3.8) is 0 Å². The first kappa shape index (κ1) is 21.5. The lowest BCUT2D eigenvalue weighted by Crippen LogP contribution is -2.31. The van der Waals surface area contributed by atoms with Crippen LogP contribution in [-0.4, -0.2) is 37.8 Å². The highest BCUT2D eigenvalue weighted by atomic mass is 32.1. The van der Waals surface area contributed by atoms with Gasteiger partial charge in [-0.1, -0.05) is 12.1 Å². The molecule has 1 fully saturated rings. The molecule has 1 saturated heterocycles. The van der Waals surface area contributed by atoms with Crippen LogP contribution >= 0.6 is 12.2 Å². The minimum atomic E-state index is -0.0411. The molecule has 1 aromatic carbocycles. The van der Waals surface area contributed by atoms with Gasteiger partial charge in [0, 0.05) is 36.4 Å². The molecule has 2 atom stereocenters. The summed E-state index contributed by atoms with van der Waals surface area (Å²) in [5.41, 5.74) is 8.29. The van der Waals surface area contributed by atoms with Crippen molar-refractivity contribution >= 4 is 17.3 Å². The maximum atomic E-state index is 9.45. The number of thiocarbonyl (C=S) groups is 1. The van der Waals surface area contributed by atoms with Gasteiger partial charge in [-0.05, 0) is 93.4 Å². The molecule has 31 heavy (non-hydrogen) atoms. The minimum absolute atomic E-state index is 0.0137. The van der Waals surface area contributed by atoms with Crippen LogP contribution < -0.4 is 5.32 Å². The van der Waals surface area contributed by atoms with E-state index in [1.54, 1.807) is 0 Å². The molecule has 3 heterocycles. The molecule has 1 aliphatic rings. The highest BCUT2D eigenvalue weighted by Crippen LogP contribution is 2.41. The van der Waals surface area contributed by atoms with Gasteiger partial charge in [0.2, 0.25) is 0 Å². The lowest BCUT2D eigenvalue weighted by Gasteiger charge is -2.28. The second-order valence-corrected chi connectivity index (χ2v) is 8.79. The van der Waals surface area contributed by atoms with Crippen LogP contribution in [0.2, 0.25) is 0 Å². The Morgan fingerprint density at radius 3 is 2.45 bits per heavy atom. The van der Waals surface area contributed by atoms with Gasteiger partial charge in [0.25, 0.3) is 0 Å². The lowest BCUT2D eigenvalue weighted by atomic mass is 9.96. The molecule has 0 unspecified atom stereocenters. The Hall–Kier alpha value is -2.70. The number of pyridine rings is 1. The van der Waals surface area contributed by atoms with Crippen molar-refractivity contribution in [2.75, 3.05) is 13.2 Å². The van der Waals surface area contributed by atoms with E-state index in [1.807, 2.05) is 24.4 Å². The fourth-order valence-corrected chi connectivity index (χ4v) is 5.12. The lowest BCUT2D eigenvalue weighted by molar-refractivity contribution is 0.247. The number of benzene rings is 1. The van der Waals surface area contributed by atoms with E-state index in [-0.39, 0.29) is 18.7 Å². The number of aromatic nitrogens is 2. The maximum Gasteiger partial charge on any atom is 0.170 e. The number of hydrogen-bond acceptors (Lipinski definition) is 3. The van der Waals surface area contributed by atoms with Crippen molar-refractivity contribution < 1.29 is 5.11 Å². The van der Waals surface area contributed by atoms with Gasteiger partial charge in [-0.15, -0.1) is 0 Å². The monoisotopic (exact) mass is 434 g/mol. The average Bonchev–Trinajstić information content (AvgIpc) is 3.21. The van der Waals surface area contributed by atoms with E-state index in [9.17, 15) is 5.11 Å². The number of nitrogens with one attached hydrogen (secondary N) is 1. The molecule has 0 amide bonds. The molecular weight excluding hydrogens is 404 g/mol. The Morgan fingerprint density at radius 2 is 1.81 bits per heavy atom. The van der Waals surface area contributed by atoms with Gasteiger partial charge in [-0.3, -0.25) is 4.98 Å². The van der Waals surface area contributed by atoms with Crippen molar-refractivity contribution in [1.82, 2.24) is 19.8 Å². The molecular formula is C25H30N4OS. The molecule has 162 valence electrons. The number of rotatable bonds is 6. The third kappa shape index (κ3) is 4.10. The Bertz CT molecular complexity index is 1070. The molecule has 2 aromatic heterocycles. The van der Waals surface area contributed by atoms with Crippen LogP contribution in [0.1, 0.15) is 52.3 Å².